The van der Waals surface area contributed by atoms with E-state index in [1.54, 1.807) is 6.08 Å². The zero-order valence-corrected chi connectivity index (χ0v) is 29.1. The molecule has 0 aliphatic carbocycles. The minimum absolute atomic E-state index is 0.0992. The maximum Gasteiger partial charge on any atom is 0.220 e. The van der Waals surface area contributed by atoms with Crippen molar-refractivity contribution in [3.05, 3.63) is 85.1 Å². The summed E-state index contributed by atoms with van der Waals surface area (Å²) < 4.78 is 0. The number of carbonyl (C=O) groups is 1. The highest BCUT2D eigenvalue weighted by atomic mass is 16.3. The van der Waals surface area contributed by atoms with Crippen LogP contribution in [-0.4, -0.2) is 34.9 Å². The van der Waals surface area contributed by atoms with E-state index < -0.39 is 12.1 Å². The van der Waals surface area contributed by atoms with Crippen molar-refractivity contribution in [2.45, 2.75) is 161 Å². The lowest BCUT2D eigenvalue weighted by Crippen LogP contribution is -2.45. The first-order valence-corrected chi connectivity index (χ1v) is 18.3. The van der Waals surface area contributed by atoms with Gasteiger partial charge in [-0.2, -0.15) is 0 Å². The summed E-state index contributed by atoms with van der Waals surface area (Å²) in [5.74, 6) is -0.0992. The van der Waals surface area contributed by atoms with E-state index in [0.29, 0.717) is 6.42 Å². The molecule has 0 aromatic rings. The van der Waals surface area contributed by atoms with Crippen LogP contribution in [0.4, 0.5) is 0 Å². The molecule has 256 valence electrons. The third-order valence-electron chi connectivity index (χ3n) is 7.61. The van der Waals surface area contributed by atoms with E-state index in [1.807, 2.05) is 6.08 Å². The van der Waals surface area contributed by atoms with Gasteiger partial charge >= 0.3 is 0 Å². The molecule has 0 bridgehead atoms. The zero-order valence-electron chi connectivity index (χ0n) is 29.1. The number of hydrogen-bond acceptors (Lipinski definition) is 3. The molecule has 4 heteroatoms. The molecule has 0 saturated carbocycles. The SMILES string of the molecule is CC/C=C\C/C=C\C/C=C\C/C=C\C/C=C\CCCCCCCC(=O)NC(CO)C(O)/C=C/CC/C=C/CCCCCCCC. The van der Waals surface area contributed by atoms with Crippen LogP contribution < -0.4 is 5.32 Å². The lowest BCUT2D eigenvalue weighted by Gasteiger charge is -2.19. The normalized spacial score (nSPS) is 14.1. The summed E-state index contributed by atoms with van der Waals surface area (Å²) >= 11 is 0. The molecule has 2 atom stereocenters. The van der Waals surface area contributed by atoms with Crippen molar-refractivity contribution in [1.82, 2.24) is 5.32 Å². The molecule has 0 heterocycles. The minimum atomic E-state index is -0.873. The van der Waals surface area contributed by atoms with Gasteiger partial charge in [0.1, 0.15) is 0 Å². The highest BCUT2D eigenvalue weighted by Crippen LogP contribution is 2.10. The van der Waals surface area contributed by atoms with E-state index in [-0.39, 0.29) is 12.5 Å². The second-order valence-corrected chi connectivity index (χ2v) is 11.9. The fourth-order valence-corrected chi connectivity index (χ4v) is 4.81. The van der Waals surface area contributed by atoms with Gasteiger partial charge in [0.25, 0.3) is 0 Å². The van der Waals surface area contributed by atoms with Crippen molar-refractivity contribution < 1.29 is 15.0 Å². The monoisotopic (exact) mass is 624 g/mol. The summed E-state index contributed by atoms with van der Waals surface area (Å²) in [4.78, 5) is 12.3. The topological polar surface area (TPSA) is 69.6 Å². The largest absolute Gasteiger partial charge is 0.394 e. The maximum absolute atomic E-state index is 12.3. The van der Waals surface area contributed by atoms with Crippen LogP contribution in [-0.2, 0) is 4.79 Å². The Morgan fingerprint density at radius 3 is 1.56 bits per heavy atom. The lowest BCUT2D eigenvalue weighted by molar-refractivity contribution is -0.123. The summed E-state index contributed by atoms with van der Waals surface area (Å²) in [6.07, 6.45) is 52.3. The van der Waals surface area contributed by atoms with Gasteiger partial charge < -0.3 is 15.5 Å². The zero-order chi connectivity index (χ0) is 32.9. The van der Waals surface area contributed by atoms with Gasteiger partial charge in [-0.05, 0) is 77.0 Å². The molecule has 0 radical (unpaired) electrons. The molecule has 0 fully saturated rings. The van der Waals surface area contributed by atoms with Crippen LogP contribution in [0.3, 0.4) is 0 Å². The van der Waals surface area contributed by atoms with E-state index in [1.165, 1.54) is 51.4 Å². The van der Waals surface area contributed by atoms with E-state index in [2.05, 4.69) is 92.1 Å². The number of nitrogens with one attached hydrogen (secondary N) is 1. The van der Waals surface area contributed by atoms with Crippen molar-refractivity contribution >= 4 is 5.91 Å². The number of hydrogen-bond donors (Lipinski definition) is 3. The first kappa shape index (κ1) is 42.6. The van der Waals surface area contributed by atoms with Crippen LogP contribution in [0.2, 0.25) is 0 Å². The first-order valence-electron chi connectivity index (χ1n) is 18.3. The summed E-state index contributed by atoms with van der Waals surface area (Å²) in [6, 6.07) is -0.652. The van der Waals surface area contributed by atoms with Crippen LogP contribution in [0.15, 0.2) is 85.1 Å². The molecule has 0 saturated heterocycles. The van der Waals surface area contributed by atoms with Gasteiger partial charge in [0.2, 0.25) is 5.91 Å². The number of rotatable bonds is 31. The molecule has 1 amide bonds. The molecule has 0 aliphatic rings. The van der Waals surface area contributed by atoms with E-state index >= 15 is 0 Å². The van der Waals surface area contributed by atoms with E-state index in [4.69, 9.17) is 0 Å². The van der Waals surface area contributed by atoms with Gasteiger partial charge in [-0.25, -0.2) is 0 Å². The highest BCUT2D eigenvalue weighted by molar-refractivity contribution is 5.76. The van der Waals surface area contributed by atoms with E-state index in [0.717, 1.165) is 77.0 Å². The standard InChI is InChI=1S/C41H69NO3/c1-3-5-7-9-11-13-15-17-18-19-20-21-22-23-24-25-27-29-31-33-35-37-41(45)42-39(38-43)40(44)36-34-32-30-28-26-16-14-12-10-8-6-4-2/h5,7,11,13,17-18,20-21,23-24,26,28,34,36,39-40,43-44H,3-4,6,8-10,12,14-16,19,22,25,27,29-33,35,37-38H2,1-2H3,(H,42,45)/b7-5-,13-11-,18-17-,21-20-,24-23-,28-26+,36-34+. The molecule has 0 rings (SSSR count). The molecular weight excluding hydrogens is 554 g/mol. The Morgan fingerprint density at radius 2 is 1.00 bits per heavy atom. The molecule has 45 heavy (non-hydrogen) atoms. The van der Waals surface area contributed by atoms with Gasteiger partial charge in [-0.1, -0.05) is 150 Å². The fourth-order valence-electron chi connectivity index (χ4n) is 4.81. The summed E-state index contributed by atoms with van der Waals surface area (Å²) in [5.41, 5.74) is 0. The number of aliphatic hydroxyl groups excluding tert-OH is 2. The minimum Gasteiger partial charge on any atom is -0.394 e. The second kappa shape index (κ2) is 36.0. The molecule has 3 N–H and O–H groups in total. The van der Waals surface area contributed by atoms with Crippen LogP contribution in [0.25, 0.3) is 0 Å². The first-order chi connectivity index (χ1) is 22.2. The smallest absolute Gasteiger partial charge is 0.220 e. The van der Waals surface area contributed by atoms with Crippen LogP contribution in [0.1, 0.15) is 149 Å². The van der Waals surface area contributed by atoms with Crippen molar-refractivity contribution in [3.63, 3.8) is 0 Å². The lowest BCUT2D eigenvalue weighted by atomic mass is 10.1. The van der Waals surface area contributed by atoms with Crippen molar-refractivity contribution in [1.29, 1.82) is 0 Å². The average molecular weight is 624 g/mol. The van der Waals surface area contributed by atoms with Gasteiger partial charge in [0, 0.05) is 6.42 Å². The van der Waals surface area contributed by atoms with Crippen LogP contribution in [0.5, 0.6) is 0 Å². The molecule has 4 nitrogen and oxygen atoms in total. The highest BCUT2D eigenvalue weighted by Gasteiger charge is 2.17. The Labute approximate surface area is 278 Å². The number of allylic oxidation sites excluding steroid dienone is 13. The predicted octanol–water partition coefficient (Wildman–Crippen LogP) is 10.9. The Kier molecular flexibility index (Phi) is 34.1. The Bertz CT molecular complexity index is 849. The number of aliphatic hydroxyl groups is 2. The molecule has 0 aromatic carbocycles. The van der Waals surface area contributed by atoms with Crippen molar-refractivity contribution in [2.24, 2.45) is 0 Å². The Morgan fingerprint density at radius 1 is 0.556 bits per heavy atom. The molecular formula is C41H69NO3. The van der Waals surface area contributed by atoms with Gasteiger partial charge in [-0.15, -0.1) is 0 Å². The average Bonchev–Trinajstić information content (AvgIpc) is 3.04. The summed E-state index contributed by atoms with van der Waals surface area (Å²) in [5, 5.41) is 22.8. The van der Waals surface area contributed by atoms with E-state index in [9.17, 15) is 15.0 Å². The second-order valence-electron chi connectivity index (χ2n) is 11.9. The molecule has 2 unspecified atom stereocenters. The molecule has 0 spiro atoms. The number of unbranched alkanes of at least 4 members (excludes halogenated alkanes) is 12. The summed E-state index contributed by atoms with van der Waals surface area (Å²) in [6.45, 7) is 4.13. The van der Waals surface area contributed by atoms with Crippen LogP contribution in [0, 0.1) is 0 Å². The summed E-state index contributed by atoms with van der Waals surface area (Å²) in [7, 11) is 0. The third-order valence-corrected chi connectivity index (χ3v) is 7.61. The van der Waals surface area contributed by atoms with Gasteiger partial charge in [0.05, 0.1) is 18.8 Å². The van der Waals surface area contributed by atoms with Crippen molar-refractivity contribution in [2.75, 3.05) is 6.61 Å². The molecule has 0 aromatic heterocycles. The third kappa shape index (κ3) is 32.8. The Hall–Kier alpha value is -2.43. The maximum atomic E-state index is 12.3. The van der Waals surface area contributed by atoms with Gasteiger partial charge in [-0.3, -0.25) is 4.79 Å². The van der Waals surface area contributed by atoms with Gasteiger partial charge in [0.15, 0.2) is 0 Å². The molecule has 0 aliphatic heterocycles. The fraction of sp³-hybridized carbons (Fsp3) is 0.634. The number of amides is 1. The Balaban J connectivity index is 3.76. The number of carbonyl (C=O) groups excluding carboxylic acids is 1. The predicted molar refractivity (Wildman–Crippen MR) is 197 cm³/mol. The quantitative estimate of drug-likeness (QED) is 0.0531. The van der Waals surface area contributed by atoms with Crippen LogP contribution >= 0.6 is 0 Å². The van der Waals surface area contributed by atoms with Crippen molar-refractivity contribution in [3.8, 4) is 0 Å².